The fraction of sp³-hybridized carbons (Fsp3) is 0.318. The third-order valence-electron chi connectivity index (χ3n) is 4.64. The Bertz CT molecular complexity index is 811. The van der Waals surface area contributed by atoms with Gasteiger partial charge in [-0.1, -0.05) is 23.8 Å². The summed E-state index contributed by atoms with van der Waals surface area (Å²) < 4.78 is 10.2. The monoisotopic (exact) mass is 368 g/mol. The van der Waals surface area contributed by atoms with Crippen molar-refractivity contribution in [3.8, 4) is 5.75 Å². The number of hydrogen-bond donors (Lipinski definition) is 0. The van der Waals surface area contributed by atoms with Crippen LogP contribution in [0.3, 0.4) is 0 Å². The average molecular weight is 368 g/mol. The fourth-order valence-corrected chi connectivity index (χ4v) is 4.21. The molecule has 3 rings (SSSR count). The zero-order chi connectivity index (χ0) is 18.4. The standard InChI is InChI=1S/C22H24O3S/c1-24-20-10-11-21-18(15-20)9-8-16(12-13-26-21)6-7-17-4-3-5-19(14-17)22(23)25-2/h3-5,8,10-11,14-15H,6-7,9,12-13H2,1-2H3/b16-8-. The van der Waals surface area contributed by atoms with E-state index < -0.39 is 0 Å². The van der Waals surface area contributed by atoms with E-state index in [1.165, 1.54) is 28.7 Å². The first-order valence-corrected chi connectivity index (χ1v) is 9.83. The first kappa shape index (κ1) is 18.6. The van der Waals surface area contributed by atoms with Crippen molar-refractivity contribution in [3.05, 3.63) is 70.8 Å². The van der Waals surface area contributed by atoms with E-state index in [9.17, 15) is 4.79 Å². The van der Waals surface area contributed by atoms with Crippen molar-refractivity contribution in [3.63, 3.8) is 0 Å². The number of fused-ring (bicyclic) bond motifs is 1. The second-order valence-corrected chi connectivity index (χ2v) is 7.47. The van der Waals surface area contributed by atoms with Crippen molar-refractivity contribution in [1.29, 1.82) is 0 Å². The number of carbonyl (C=O) groups excluding carboxylic acids is 1. The molecule has 0 spiro atoms. The van der Waals surface area contributed by atoms with E-state index in [0.717, 1.165) is 37.2 Å². The second kappa shape index (κ2) is 8.95. The quantitative estimate of drug-likeness (QED) is 0.545. The van der Waals surface area contributed by atoms with Crippen molar-refractivity contribution in [2.75, 3.05) is 20.0 Å². The van der Waals surface area contributed by atoms with E-state index in [1.54, 1.807) is 13.2 Å². The number of rotatable bonds is 5. The van der Waals surface area contributed by atoms with Gasteiger partial charge >= 0.3 is 5.97 Å². The van der Waals surface area contributed by atoms with Crippen LogP contribution in [0.4, 0.5) is 0 Å². The van der Waals surface area contributed by atoms with E-state index >= 15 is 0 Å². The van der Waals surface area contributed by atoms with Crippen LogP contribution in [0.2, 0.25) is 0 Å². The predicted molar refractivity (Wildman–Crippen MR) is 106 cm³/mol. The number of methoxy groups -OCH3 is 2. The summed E-state index contributed by atoms with van der Waals surface area (Å²) in [5.41, 5.74) is 4.60. The van der Waals surface area contributed by atoms with Crippen LogP contribution in [0.15, 0.2) is 59.0 Å². The predicted octanol–water partition coefficient (Wildman–Crippen LogP) is 5.08. The Morgan fingerprint density at radius 3 is 2.81 bits per heavy atom. The minimum atomic E-state index is -0.279. The summed E-state index contributed by atoms with van der Waals surface area (Å²) in [6.45, 7) is 0. The van der Waals surface area contributed by atoms with Gasteiger partial charge in [0.1, 0.15) is 5.75 Å². The molecule has 0 aromatic heterocycles. The summed E-state index contributed by atoms with van der Waals surface area (Å²) in [4.78, 5) is 13.0. The molecule has 0 saturated heterocycles. The Hall–Kier alpha value is -2.20. The summed E-state index contributed by atoms with van der Waals surface area (Å²) >= 11 is 1.92. The van der Waals surface area contributed by atoms with Gasteiger partial charge in [-0.15, -0.1) is 11.8 Å². The smallest absolute Gasteiger partial charge is 0.337 e. The lowest BCUT2D eigenvalue weighted by atomic mass is 9.99. The molecular formula is C22H24O3S. The lowest BCUT2D eigenvalue weighted by molar-refractivity contribution is 0.0600. The van der Waals surface area contributed by atoms with Crippen LogP contribution in [0.1, 0.15) is 34.3 Å². The van der Waals surface area contributed by atoms with Gasteiger partial charge in [0, 0.05) is 10.6 Å². The maximum absolute atomic E-state index is 11.7. The number of hydrogen-bond acceptors (Lipinski definition) is 4. The summed E-state index contributed by atoms with van der Waals surface area (Å²) in [5, 5.41) is 0. The third-order valence-corrected chi connectivity index (χ3v) is 5.76. The Morgan fingerprint density at radius 1 is 1.12 bits per heavy atom. The maximum Gasteiger partial charge on any atom is 0.337 e. The molecule has 0 aliphatic carbocycles. The van der Waals surface area contributed by atoms with Gasteiger partial charge in [0.25, 0.3) is 0 Å². The molecule has 1 heterocycles. The number of allylic oxidation sites excluding steroid dienone is 2. The molecule has 1 aliphatic rings. The molecular weight excluding hydrogens is 344 g/mol. The van der Waals surface area contributed by atoms with E-state index in [0.29, 0.717) is 5.56 Å². The van der Waals surface area contributed by atoms with Crippen molar-refractivity contribution >= 4 is 17.7 Å². The van der Waals surface area contributed by atoms with Crippen LogP contribution in [0.25, 0.3) is 0 Å². The zero-order valence-corrected chi connectivity index (χ0v) is 16.1. The number of carbonyl (C=O) groups is 1. The lowest BCUT2D eigenvalue weighted by Crippen LogP contribution is -2.02. The van der Waals surface area contributed by atoms with Crippen LogP contribution in [0, 0.1) is 0 Å². The van der Waals surface area contributed by atoms with Crippen molar-refractivity contribution in [1.82, 2.24) is 0 Å². The van der Waals surface area contributed by atoms with Gasteiger partial charge in [0.05, 0.1) is 19.8 Å². The van der Waals surface area contributed by atoms with Gasteiger partial charge in [-0.2, -0.15) is 0 Å². The molecule has 0 amide bonds. The third kappa shape index (κ3) is 4.70. The molecule has 2 aromatic rings. The molecule has 0 bridgehead atoms. The Kier molecular flexibility index (Phi) is 6.40. The SMILES string of the molecule is COC(=O)c1cccc(CC/C2=C/Cc3cc(OC)ccc3SCC2)c1. The molecule has 0 unspecified atom stereocenters. The molecule has 2 aromatic carbocycles. The normalized spacial score (nSPS) is 15.8. The van der Waals surface area contributed by atoms with Crippen LogP contribution in [-0.4, -0.2) is 25.9 Å². The number of aryl methyl sites for hydroxylation is 1. The maximum atomic E-state index is 11.7. The molecule has 3 nitrogen and oxygen atoms in total. The largest absolute Gasteiger partial charge is 0.497 e. The molecule has 0 N–H and O–H groups in total. The first-order valence-electron chi connectivity index (χ1n) is 8.84. The molecule has 1 aliphatic heterocycles. The lowest BCUT2D eigenvalue weighted by Gasteiger charge is -2.15. The van der Waals surface area contributed by atoms with Crippen LogP contribution in [0.5, 0.6) is 5.75 Å². The summed E-state index contributed by atoms with van der Waals surface area (Å²) in [7, 11) is 3.13. The molecule has 0 saturated carbocycles. The minimum absolute atomic E-state index is 0.279. The molecule has 0 fully saturated rings. The molecule has 0 atom stereocenters. The first-order chi connectivity index (χ1) is 12.7. The van der Waals surface area contributed by atoms with E-state index in [2.05, 4.69) is 24.3 Å². The highest BCUT2D eigenvalue weighted by Gasteiger charge is 2.10. The fourth-order valence-electron chi connectivity index (χ4n) is 3.14. The topological polar surface area (TPSA) is 35.5 Å². The van der Waals surface area contributed by atoms with Gasteiger partial charge < -0.3 is 9.47 Å². The van der Waals surface area contributed by atoms with Crippen molar-refractivity contribution in [2.45, 2.75) is 30.6 Å². The molecule has 4 heteroatoms. The molecule has 136 valence electrons. The number of thioether (sulfide) groups is 1. The van der Waals surface area contributed by atoms with Gasteiger partial charge in [0.15, 0.2) is 0 Å². The van der Waals surface area contributed by atoms with Crippen molar-refractivity contribution < 1.29 is 14.3 Å². The molecule has 0 radical (unpaired) electrons. The average Bonchev–Trinajstić information content (AvgIpc) is 2.67. The van der Waals surface area contributed by atoms with Gasteiger partial charge in [-0.25, -0.2) is 4.79 Å². The van der Waals surface area contributed by atoms with Gasteiger partial charge in [-0.05, 0) is 67.1 Å². The van der Waals surface area contributed by atoms with E-state index in [-0.39, 0.29) is 5.97 Å². The van der Waals surface area contributed by atoms with Crippen LogP contribution < -0.4 is 4.74 Å². The number of esters is 1. The highest BCUT2D eigenvalue weighted by molar-refractivity contribution is 7.99. The Balaban J connectivity index is 1.67. The molecule has 26 heavy (non-hydrogen) atoms. The van der Waals surface area contributed by atoms with Crippen LogP contribution in [-0.2, 0) is 17.6 Å². The van der Waals surface area contributed by atoms with Crippen LogP contribution >= 0.6 is 11.8 Å². The summed E-state index contributed by atoms with van der Waals surface area (Å²) in [6, 6.07) is 14.1. The second-order valence-electron chi connectivity index (χ2n) is 6.33. The summed E-state index contributed by atoms with van der Waals surface area (Å²) in [6.07, 6.45) is 6.36. The Morgan fingerprint density at radius 2 is 2.00 bits per heavy atom. The van der Waals surface area contributed by atoms with Gasteiger partial charge in [0.2, 0.25) is 0 Å². The highest BCUT2D eigenvalue weighted by Crippen LogP contribution is 2.31. The van der Waals surface area contributed by atoms with E-state index in [4.69, 9.17) is 9.47 Å². The Labute approximate surface area is 159 Å². The number of ether oxygens (including phenoxy) is 2. The minimum Gasteiger partial charge on any atom is -0.497 e. The number of benzene rings is 2. The van der Waals surface area contributed by atoms with Crippen molar-refractivity contribution in [2.24, 2.45) is 0 Å². The van der Waals surface area contributed by atoms with E-state index in [1.807, 2.05) is 30.0 Å². The van der Waals surface area contributed by atoms with Gasteiger partial charge in [-0.3, -0.25) is 0 Å². The zero-order valence-electron chi connectivity index (χ0n) is 15.3. The summed E-state index contributed by atoms with van der Waals surface area (Å²) in [5.74, 6) is 1.73. The highest BCUT2D eigenvalue weighted by atomic mass is 32.2.